The number of likely N-dealkylation sites (tertiary alicyclic amines) is 1. The van der Waals surface area contributed by atoms with Crippen LogP contribution in [0.1, 0.15) is 30.4 Å². The molecule has 1 fully saturated rings. The fourth-order valence-corrected chi connectivity index (χ4v) is 2.13. The van der Waals surface area contributed by atoms with Gasteiger partial charge in [-0.05, 0) is 38.8 Å². The molecule has 1 aromatic carbocycles. The monoisotopic (exact) mass is 248 g/mol. The van der Waals surface area contributed by atoms with E-state index in [1.54, 1.807) is 0 Å². The Hall–Kier alpha value is -1.35. The van der Waals surface area contributed by atoms with Crippen LogP contribution >= 0.6 is 0 Å². The number of hydrogen-bond donors (Lipinski definition) is 1. The Morgan fingerprint density at radius 3 is 2.28 bits per heavy atom. The Bertz CT molecular complexity index is 353. The average molecular weight is 248 g/mol. The summed E-state index contributed by atoms with van der Waals surface area (Å²) in [7, 11) is 1.50. The van der Waals surface area contributed by atoms with Gasteiger partial charge in [0.05, 0.1) is 0 Å². The molecule has 3 nitrogen and oxygen atoms in total. The summed E-state index contributed by atoms with van der Waals surface area (Å²) in [5.74, 6) is 0.318. The van der Waals surface area contributed by atoms with Gasteiger partial charge in [0.15, 0.2) is 0 Å². The molecule has 0 unspecified atom stereocenters. The lowest BCUT2D eigenvalue weighted by Crippen LogP contribution is -2.27. The molecule has 1 aliphatic rings. The van der Waals surface area contributed by atoms with Crippen molar-refractivity contribution in [2.45, 2.75) is 32.6 Å². The summed E-state index contributed by atoms with van der Waals surface area (Å²) < 4.78 is 0. The van der Waals surface area contributed by atoms with Crippen molar-refractivity contribution in [1.82, 2.24) is 4.90 Å². The largest absolute Gasteiger partial charge is 0.343 e. The third-order valence-corrected chi connectivity index (χ3v) is 3.21. The third-order valence-electron chi connectivity index (χ3n) is 3.21. The van der Waals surface area contributed by atoms with E-state index in [1.807, 2.05) is 4.90 Å². The van der Waals surface area contributed by atoms with Crippen LogP contribution in [-0.2, 0) is 11.2 Å². The van der Waals surface area contributed by atoms with Crippen LogP contribution in [0.3, 0.4) is 0 Å². The third kappa shape index (κ3) is 4.49. The first-order chi connectivity index (χ1) is 8.75. The van der Waals surface area contributed by atoms with Gasteiger partial charge in [-0.15, -0.1) is 0 Å². The predicted octanol–water partition coefficient (Wildman–Crippen LogP) is 2.12. The first kappa shape index (κ1) is 14.7. The van der Waals surface area contributed by atoms with Crippen LogP contribution in [0.5, 0.6) is 0 Å². The zero-order valence-electron chi connectivity index (χ0n) is 11.5. The molecule has 0 aromatic heterocycles. The quantitative estimate of drug-likeness (QED) is 0.890. The summed E-state index contributed by atoms with van der Waals surface area (Å²) >= 11 is 0. The number of amides is 1. The molecule has 1 aliphatic heterocycles. The summed E-state index contributed by atoms with van der Waals surface area (Å²) in [6.45, 7) is 4.01. The van der Waals surface area contributed by atoms with Crippen LogP contribution in [0.2, 0.25) is 0 Å². The number of rotatable bonds is 3. The second kappa shape index (κ2) is 7.88. The number of aryl methyl sites for hydroxylation is 2. The minimum atomic E-state index is 0.318. The molecule has 1 heterocycles. The maximum absolute atomic E-state index is 11.8. The Balaban J connectivity index is 0.000000771. The number of hydrogen-bond acceptors (Lipinski definition) is 2. The highest BCUT2D eigenvalue weighted by Crippen LogP contribution is 2.11. The molecule has 0 aliphatic carbocycles. The van der Waals surface area contributed by atoms with Gasteiger partial charge in [0, 0.05) is 19.5 Å². The van der Waals surface area contributed by atoms with Gasteiger partial charge in [-0.2, -0.15) is 0 Å². The number of nitrogens with zero attached hydrogens (tertiary/aromatic N) is 1. The van der Waals surface area contributed by atoms with E-state index in [0.29, 0.717) is 12.3 Å². The molecule has 0 bridgehead atoms. The molecule has 1 amide bonds. The summed E-state index contributed by atoms with van der Waals surface area (Å²) in [6.07, 6.45) is 3.88. The summed E-state index contributed by atoms with van der Waals surface area (Å²) in [5, 5.41) is 0. The van der Waals surface area contributed by atoms with Crippen molar-refractivity contribution < 1.29 is 4.79 Å². The van der Waals surface area contributed by atoms with E-state index in [0.717, 1.165) is 19.5 Å². The molecular formula is C15H24N2O. The molecule has 0 spiro atoms. The fourth-order valence-electron chi connectivity index (χ4n) is 2.13. The highest BCUT2D eigenvalue weighted by Gasteiger charge is 2.16. The van der Waals surface area contributed by atoms with Crippen LogP contribution in [0.4, 0.5) is 0 Å². The van der Waals surface area contributed by atoms with Gasteiger partial charge in [0.2, 0.25) is 5.91 Å². The smallest absolute Gasteiger partial charge is 0.222 e. The zero-order chi connectivity index (χ0) is 13.4. The fraction of sp³-hybridized carbons (Fsp3) is 0.533. The van der Waals surface area contributed by atoms with Crippen molar-refractivity contribution in [3.8, 4) is 0 Å². The maximum atomic E-state index is 11.8. The molecule has 3 heteroatoms. The van der Waals surface area contributed by atoms with Crippen LogP contribution < -0.4 is 5.73 Å². The van der Waals surface area contributed by atoms with Crippen molar-refractivity contribution in [3.63, 3.8) is 0 Å². The van der Waals surface area contributed by atoms with Crippen molar-refractivity contribution in [1.29, 1.82) is 0 Å². The standard InChI is InChI=1S/C14H19NO.CH5N/c1-12-4-6-13(7-5-12)8-9-14(16)15-10-2-3-11-15;1-2/h4-7H,2-3,8-11H2,1H3;2H2,1H3. The first-order valence-corrected chi connectivity index (χ1v) is 6.67. The number of carbonyl (C=O) groups is 1. The SMILES string of the molecule is CN.Cc1ccc(CCC(=O)N2CCCC2)cc1. The van der Waals surface area contributed by atoms with Gasteiger partial charge >= 0.3 is 0 Å². The second-order valence-electron chi connectivity index (χ2n) is 4.57. The average Bonchev–Trinajstić information content (AvgIpc) is 2.94. The molecule has 0 saturated carbocycles. The molecule has 0 radical (unpaired) electrons. The van der Waals surface area contributed by atoms with Gasteiger partial charge in [-0.1, -0.05) is 29.8 Å². The van der Waals surface area contributed by atoms with E-state index in [2.05, 4.69) is 36.9 Å². The molecule has 0 atom stereocenters. The van der Waals surface area contributed by atoms with Crippen LogP contribution in [0, 0.1) is 6.92 Å². The van der Waals surface area contributed by atoms with E-state index < -0.39 is 0 Å². The number of benzene rings is 1. The normalized spacial score (nSPS) is 14.1. The molecule has 18 heavy (non-hydrogen) atoms. The number of nitrogens with two attached hydrogens (primary N) is 1. The van der Waals surface area contributed by atoms with Crippen molar-refractivity contribution >= 4 is 5.91 Å². The Kier molecular flexibility index (Phi) is 6.44. The van der Waals surface area contributed by atoms with E-state index in [4.69, 9.17) is 0 Å². The lowest BCUT2D eigenvalue weighted by molar-refractivity contribution is -0.130. The minimum Gasteiger partial charge on any atom is -0.343 e. The molecule has 100 valence electrons. The van der Waals surface area contributed by atoms with E-state index >= 15 is 0 Å². The Morgan fingerprint density at radius 2 is 1.72 bits per heavy atom. The minimum absolute atomic E-state index is 0.318. The Morgan fingerprint density at radius 1 is 1.17 bits per heavy atom. The van der Waals surface area contributed by atoms with E-state index in [1.165, 1.54) is 31.0 Å². The summed E-state index contributed by atoms with van der Waals surface area (Å²) in [5.41, 5.74) is 7.03. The van der Waals surface area contributed by atoms with Crippen LogP contribution in [0.15, 0.2) is 24.3 Å². The summed E-state index contributed by atoms with van der Waals surface area (Å²) in [6, 6.07) is 8.45. The molecule has 2 rings (SSSR count). The molecule has 1 saturated heterocycles. The molecule has 2 N–H and O–H groups in total. The summed E-state index contributed by atoms with van der Waals surface area (Å²) in [4.78, 5) is 13.8. The lowest BCUT2D eigenvalue weighted by Gasteiger charge is -2.14. The van der Waals surface area contributed by atoms with E-state index in [-0.39, 0.29) is 0 Å². The maximum Gasteiger partial charge on any atom is 0.222 e. The van der Waals surface area contributed by atoms with Crippen LogP contribution in [-0.4, -0.2) is 30.9 Å². The topological polar surface area (TPSA) is 46.3 Å². The first-order valence-electron chi connectivity index (χ1n) is 6.67. The highest BCUT2D eigenvalue weighted by atomic mass is 16.2. The van der Waals surface area contributed by atoms with Crippen molar-refractivity contribution in [2.24, 2.45) is 5.73 Å². The van der Waals surface area contributed by atoms with Gasteiger partial charge in [-0.25, -0.2) is 0 Å². The predicted molar refractivity (Wildman–Crippen MR) is 75.4 cm³/mol. The molecular weight excluding hydrogens is 224 g/mol. The highest BCUT2D eigenvalue weighted by molar-refractivity contribution is 5.76. The van der Waals surface area contributed by atoms with Crippen molar-refractivity contribution in [3.05, 3.63) is 35.4 Å². The molecule has 1 aromatic rings. The van der Waals surface area contributed by atoms with Gasteiger partial charge in [0.1, 0.15) is 0 Å². The zero-order valence-corrected chi connectivity index (χ0v) is 11.5. The van der Waals surface area contributed by atoms with Crippen molar-refractivity contribution in [2.75, 3.05) is 20.1 Å². The van der Waals surface area contributed by atoms with Gasteiger partial charge in [-0.3, -0.25) is 4.79 Å². The van der Waals surface area contributed by atoms with Gasteiger partial charge in [0.25, 0.3) is 0 Å². The second-order valence-corrected chi connectivity index (χ2v) is 4.57. The number of carbonyl (C=O) groups excluding carboxylic acids is 1. The van der Waals surface area contributed by atoms with E-state index in [9.17, 15) is 4.79 Å². The Labute approximate surface area is 110 Å². The van der Waals surface area contributed by atoms with Crippen LogP contribution in [0.25, 0.3) is 0 Å². The van der Waals surface area contributed by atoms with Gasteiger partial charge < -0.3 is 10.6 Å². The lowest BCUT2D eigenvalue weighted by atomic mass is 10.1.